The Bertz CT molecular complexity index is 2970. The topological polar surface area (TPSA) is 232 Å². The Morgan fingerprint density at radius 2 is 1.46 bits per heavy atom. The van der Waals surface area contributed by atoms with Crippen molar-refractivity contribution in [3.63, 3.8) is 0 Å². The second-order valence-corrected chi connectivity index (χ2v) is 21.3. The molecule has 6 heterocycles. The average Bonchev–Trinajstić information content (AvgIpc) is 4.26. The zero-order valence-corrected chi connectivity index (χ0v) is 42.3. The van der Waals surface area contributed by atoms with E-state index in [4.69, 9.17) is 9.51 Å². The number of nitrogens with zero attached hydrogens (tertiary/aromatic N) is 6. The number of amides is 5. The van der Waals surface area contributed by atoms with E-state index >= 15 is 0 Å². The Labute approximate surface area is 424 Å². The summed E-state index contributed by atoms with van der Waals surface area (Å²) < 4.78 is 5.76. The van der Waals surface area contributed by atoms with Gasteiger partial charge in [-0.2, -0.15) is 0 Å². The van der Waals surface area contributed by atoms with E-state index in [1.165, 1.54) is 26.0 Å². The summed E-state index contributed by atoms with van der Waals surface area (Å²) in [7, 11) is 0. The lowest BCUT2D eigenvalue weighted by Crippen LogP contribution is -2.55. The molecule has 19 heteroatoms. The second-order valence-electron chi connectivity index (χ2n) is 19.5. The first kappa shape index (κ1) is 50.3. The lowest BCUT2D eigenvalue weighted by molar-refractivity contribution is -0.143. The van der Waals surface area contributed by atoms with E-state index in [0.717, 1.165) is 43.3 Å². The molecule has 3 aliphatic rings. The SMILES string of the molecule is Cc1cc([C@H](C(=O)N2C[C@H](O)C[C@H]2C(=O)NCc2ccc(-c3scnc3C)cc2)C(C)c2ncsc2-c2ccc(CNC(=O)[C@@H]3C[C@@](O)(CO)CN3C(=O)[C@H](C(C)C)N3Cc4ccccc4C3=O)cc2)on1. The van der Waals surface area contributed by atoms with Crippen LogP contribution in [-0.2, 0) is 38.8 Å². The van der Waals surface area contributed by atoms with Gasteiger partial charge in [-0.25, -0.2) is 9.97 Å². The minimum absolute atomic E-state index is 0.0389. The van der Waals surface area contributed by atoms with Crippen molar-refractivity contribution in [3.8, 4) is 20.9 Å². The average molecular weight is 1020 g/mol. The smallest absolute Gasteiger partial charge is 0.255 e. The van der Waals surface area contributed by atoms with Crippen LogP contribution in [0.3, 0.4) is 0 Å². The third kappa shape index (κ3) is 10.1. The second kappa shape index (κ2) is 20.8. The minimum atomic E-state index is -1.71. The van der Waals surface area contributed by atoms with Crippen molar-refractivity contribution in [2.45, 2.75) is 109 Å². The summed E-state index contributed by atoms with van der Waals surface area (Å²) in [5.41, 5.74) is 8.74. The van der Waals surface area contributed by atoms with E-state index in [0.29, 0.717) is 22.7 Å². The molecule has 5 N–H and O–H groups in total. The maximum atomic E-state index is 14.8. The third-order valence-corrected chi connectivity index (χ3v) is 16.0. The number of carbonyl (C=O) groups is 5. The predicted molar refractivity (Wildman–Crippen MR) is 269 cm³/mol. The quantitative estimate of drug-likeness (QED) is 0.0829. The maximum absolute atomic E-state index is 14.8. The molecule has 2 saturated heterocycles. The first-order chi connectivity index (χ1) is 34.5. The number of hydrogen-bond acceptors (Lipinski definition) is 14. The molecular formula is C53H58N8O9S2. The fraction of sp³-hybridized carbons (Fsp3) is 0.396. The highest BCUT2D eigenvalue weighted by Crippen LogP contribution is 2.42. The lowest BCUT2D eigenvalue weighted by Gasteiger charge is -2.35. The van der Waals surface area contributed by atoms with Gasteiger partial charge in [-0.3, -0.25) is 24.0 Å². The van der Waals surface area contributed by atoms with Gasteiger partial charge in [0, 0.05) is 56.6 Å². The minimum Gasteiger partial charge on any atom is -0.393 e. The molecule has 3 aromatic carbocycles. The molecule has 3 aromatic heterocycles. The van der Waals surface area contributed by atoms with Crippen molar-refractivity contribution in [2.75, 3.05) is 19.7 Å². The van der Waals surface area contributed by atoms with E-state index in [1.807, 2.05) is 93.9 Å². The number of aryl methyl sites for hydroxylation is 2. The van der Waals surface area contributed by atoms with Gasteiger partial charge in [-0.1, -0.05) is 92.7 Å². The van der Waals surface area contributed by atoms with Crippen LogP contribution in [0.1, 0.15) is 95.3 Å². The zero-order valence-electron chi connectivity index (χ0n) is 40.6. The summed E-state index contributed by atoms with van der Waals surface area (Å²) in [5.74, 6) is -3.56. The number of aliphatic hydroxyl groups excluding tert-OH is 2. The van der Waals surface area contributed by atoms with Gasteiger partial charge in [0.05, 0.1) is 57.1 Å². The number of hydrogen-bond donors (Lipinski definition) is 5. The van der Waals surface area contributed by atoms with Gasteiger partial charge < -0.3 is 45.2 Å². The van der Waals surface area contributed by atoms with Crippen LogP contribution in [0.15, 0.2) is 94.4 Å². The van der Waals surface area contributed by atoms with Crippen LogP contribution in [0.25, 0.3) is 20.9 Å². The molecule has 17 nitrogen and oxygen atoms in total. The van der Waals surface area contributed by atoms with Gasteiger partial charge in [-0.15, -0.1) is 22.7 Å². The molecule has 0 radical (unpaired) electrons. The molecule has 1 unspecified atom stereocenters. The summed E-state index contributed by atoms with van der Waals surface area (Å²) in [4.78, 5) is 85.7. The number of benzene rings is 3. The first-order valence-corrected chi connectivity index (χ1v) is 25.8. The van der Waals surface area contributed by atoms with Crippen molar-refractivity contribution in [1.82, 2.24) is 40.5 Å². The van der Waals surface area contributed by atoms with Crippen molar-refractivity contribution < 1.29 is 43.8 Å². The van der Waals surface area contributed by atoms with Gasteiger partial charge >= 0.3 is 0 Å². The number of rotatable bonds is 16. The van der Waals surface area contributed by atoms with Crippen LogP contribution in [0.4, 0.5) is 0 Å². The highest BCUT2D eigenvalue weighted by atomic mass is 32.1. The Kier molecular flexibility index (Phi) is 14.6. The van der Waals surface area contributed by atoms with Crippen molar-refractivity contribution in [3.05, 3.63) is 135 Å². The van der Waals surface area contributed by atoms with Crippen LogP contribution < -0.4 is 10.6 Å². The van der Waals surface area contributed by atoms with Gasteiger partial charge in [0.1, 0.15) is 35.4 Å². The Hall–Kier alpha value is -6.64. The molecule has 72 heavy (non-hydrogen) atoms. The van der Waals surface area contributed by atoms with Crippen LogP contribution in [0, 0.1) is 19.8 Å². The van der Waals surface area contributed by atoms with Crippen LogP contribution in [0.5, 0.6) is 0 Å². The van der Waals surface area contributed by atoms with Crippen molar-refractivity contribution in [2.24, 2.45) is 5.92 Å². The third-order valence-electron chi connectivity index (χ3n) is 14.1. The normalized spacial score (nSPS) is 21.0. The Morgan fingerprint density at radius 1 is 0.833 bits per heavy atom. The molecule has 0 aliphatic carbocycles. The van der Waals surface area contributed by atoms with Gasteiger partial charge in [0.2, 0.25) is 23.6 Å². The molecule has 3 aliphatic heterocycles. The molecule has 376 valence electrons. The summed E-state index contributed by atoms with van der Waals surface area (Å²) in [6, 6.07) is 21.3. The number of fused-ring (bicyclic) bond motifs is 1. The number of β-amino-alcohol motifs (C(OH)–C–C–N with tert-alkyl or cyclic N) is 2. The summed E-state index contributed by atoms with van der Waals surface area (Å²) >= 11 is 2.96. The monoisotopic (exact) mass is 1010 g/mol. The van der Waals surface area contributed by atoms with E-state index in [1.54, 1.807) is 42.0 Å². The number of likely N-dealkylation sites (tertiary alicyclic amines) is 2. The van der Waals surface area contributed by atoms with Crippen molar-refractivity contribution >= 4 is 52.2 Å². The van der Waals surface area contributed by atoms with Gasteiger partial charge in [-0.05, 0) is 53.6 Å². The van der Waals surface area contributed by atoms with Crippen molar-refractivity contribution in [1.29, 1.82) is 0 Å². The molecule has 5 amide bonds. The van der Waals surface area contributed by atoms with E-state index < -0.39 is 66.0 Å². The number of aliphatic hydroxyl groups is 3. The molecular weight excluding hydrogens is 957 g/mol. The fourth-order valence-electron chi connectivity index (χ4n) is 10.3. The van der Waals surface area contributed by atoms with E-state index in [9.17, 15) is 39.3 Å². The molecule has 2 fully saturated rings. The molecule has 6 aromatic rings. The Morgan fingerprint density at radius 3 is 2.06 bits per heavy atom. The molecule has 0 spiro atoms. The number of carbonyl (C=O) groups excluding carboxylic acids is 5. The highest BCUT2D eigenvalue weighted by Gasteiger charge is 2.51. The molecule has 0 saturated carbocycles. The van der Waals surface area contributed by atoms with E-state index in [2.05, 4.69) is 20.8 Å². The lowest BCUT2D eigenvalue weighted by atomic mass is 9.86. The predicted octanol–water partition coefficient (Wildman–Crippen LogP) is 5.33. The van der Waals surface area contributed by atoms with Crippen LogP contribution in [0.2, 0.25) is 0 Å². The summed E-state index contributed by atoms with van der Waals surface area (Å²) in [5, 5.41) is 42.3. The number of thiazole rings is 2. The standard InChI is InChI=1S/C53H58N8O9S2/c1-29(2)45(60-23-37-8-6-7-9-39(37)50(60)66)52(68)61-25-53(69,26-62)20-41(61)49(65)55-22-34-12-16-36(17-13-34)47-44(57-28-72-47)31(4)43(42-18-30(3)58-70-42)51(67)59-24-38(63)19-40(59)48(64)54-21-33-10-14-35(15-11-33)46-32(5)56-27-71-46/h6-18,27-29,31,38,40-41,43,45,62-63,69H,19-26H2,1-5H3,(H,54,64)(H,55,65)/t31?,38-,40+,41+,43-,45+,53+/m1/s1. The van der Waals surface area contributed by atoms with Gasteiger partial charge in [0.25, 0.3) is 5.91 Å². The molecule has 0 bridgehead atoms. The van der Waals surface area contributed by atoms with Crippen LogP contribution >= 0.6 is 22.7 Å². The first-order valence-electron chi connectivity index (χ1n) is 24.1. The van der Waals surface area contributed by atoms with E-state index in [-0.39, 0.29) is 63.3 Å². The fourth-order valence-corrected chi connectivity index (χ4v) is 12.0. The summed E-state index contributed by atoms with van der Waals surface area (Å²) in [6.45, 7) is 8.87. The zero-order chi connectivity index (χ0) is 51.0. The summed E-state index contributed by atoms with van der Waals surface area (Å²) in [6.07, 6.45) is -1.02. The molecule has 7 atom stereocenters. The molecule has 9 rings (SSSR count). The largest absolute Gasteiger partial charge is 0.393 e. The highest BCUT2D eigenvalue weighted by molar-refractivity contribution is 7.13. The van der Waals surface area contributed by atoms with Gasteiger partial charge in [0.15, 0.2) is 0 Å². The Balaban J connectivity index is 0.872. The number of nitrogens with one attached hydrogen (secondary N) is 2. The van der Waals surface area contributed by atoms with Crippen LogP contribution in [-0.4, -0.2) is 124 Å². The number of aromatic nitrogens is 3. The maximum Gasteiger partial charge on any atom is 0.255 e.